The Bertz CT molecular complexity index is 841. The predicted octanol–water partition coefficient (Wildman–Crippen LogP) is -1.23. The highest BCUT2D eigenvalue weighted by Gasteiger charge is 2.27. The van der Waals surface area contributed by atoms with Crippen molar-refractivity contribution in [1.82, 2.24) is 9.21 Å². The fraction of sp³-hybridized carbons (Fsp3) is 0.467. The van der Waals surface area contributed by atoms with Gasteiger partial charge in [-0.1, -0.05) is 12.1 Å². The quantitative estimate of drug-likeness (QED) is 0.166. The van der Waals surface area contributed by atoms with Gasteiger partial charge in [0.15, 0.2) is 5.03 Å². The van der Waals surface area contributed by atoms with Gasteiger partial charge in [-0.15, -0.1) is 0 Å². The molecule has 1 rings (SSSR count). The van der Waals surface area contributed by atoms with Crippen LogP contribution in [-0.4, -0.2) is 61.2 Å². The molecule has 0 fully saturated rings. The van der Waals surface area contributed by atoms with E-state index in [0.29, 0.717) is 12.0 Å². The number of guanidine groups is 1. The van der Waals surface area contributed by atoms with Crippen LogP contribution in [0.15, 0.2) is 29.4 Å². The van der Waals surface area contributed by atoms with Crippen LogP contribution < -0.4 is 21.4 Å². The molecular weight excluding hydrogens is 406 g/mol. The molecule has 29 heavy (non-hydrogen) atoms. The van der Waals surface area contributed by atoms with Crippen LogP contribution in [0.4, 0.5) is 0 Å². The number of nitrogens with two attached hydrogens (primary N) is 3. The lowest BCUT2D eigenvalue weighted by molar-refractivity contribution is -0.485. The zero-order valence-corrected chi connectivity index (χ0v) is 16.9. The second-order valence-electron chi connectivity index (χ2n) is 6.14. The van der Waals surface area contributed by atoms with Gasteiger partial charge in [-0.2, -0.15) is 12.7 Å². The van der Waals surface area contributed by atoms with E-state index in [-0.39, 0.29) is 25.3 Å². The van der Waals surface area contributed by atoms with E-state index < -0.39 is 33.2 Å². The average molecular weight is 431 g/mol. The summed E-state index contributed by atoms with van der Waals surface area (Å²) in [6, 6.07) is 4.87. The molecule has 0 aliphatic heterocycles. The number of amides is 1. The van der Waals surface area contributed by atoms with Gasteiger partial charge in [0.1, 0.15) is 16.9 Å². The summed E-state index contributed by atoms with van der Waals surface area (Å²) in [7, 11) is -1.27. The smallest absolute Gasteiger partial charge is 0.371 e. The maximum absolute atomic E-state index is 11.9. The molecule has 6 N–H and O–H groups in total. The van der Waals surface area contributed by atoms with Crippen LogP contribution >= 0.6 is 0 Å². The first-order chi connectivity index (χ1) is 13.5. The van der Waals surface area contributed by atoms with Gasteiger partial charge in [-0.3, -0.25) is 4.79 Å². The van der Waals surface area contributed by atoms with Crippen molar-refractivity contribution < 1.29 is 22.4 Å². The van der Waals surface area contributed by atoms with E-state index in [0.717, 1.165) is 4.31 Å². The van der Waals surface area contributed by atoms with Gasteiger partial charge in [0.05, 0.1) is 0 Å². The lowest BCUT2D eigenvalue weighted by Gasteiger charge is -2.29. The minimum absolute atomic E-state index is 0.0396. The third-order valence-electron chi connectivity index (χ3n) is 3.79. The minimum atomic E-state index is -3.91. The van der Waals surface area contributed by atoms with E-state index in [2.05, 4.69) is 5.10 Å². The Morgan fingerprint density at radius 3 is 2.31 bits per heavy atom. The van der Waals surface area contributed by atoms with Crippen LogP contribution in [0, 0.1) is 10.1 Å². The molecule has 0 unspecified atom stereocenters. The molecule has 0 radical (unpaired) electrons. The lowest BCUT2D eigenvalue weighted by Crippen LogP contribution is -2.50. The number of carbonyl (C=O) groups is 1. The molecule has 14 heteroatoms. The van der Waals surface area contributed by atoms with Crippen molar-refractivity contribution in [3.05, 3.63) is 39.9 Å². The monoisotopic (exact) mass is 431 g/mol. The second kappa shape index (κ2) is 10.5. The SMILES string of the molecule is CN(C)S(=O)(=O)Oc1ccc(CN(C(N)=N[N+](=O)[O-])[C@H](CCCN)C(N)=O)cc1. The molecule has 0 aromatic heterocycles. The molecule has 1 atom stereocenters. The Morgan fingerprint density at radius 1 is 1.28 bits per heavy atom. The van der Waals surface area contributed by atoms with Crippen molar-refractivity contribution in [2.75, 3.05) is 20.6 Å². The number of hydrazone groups is 1. The van der Waals surface area contributed by atoms with Crippen molar-refractivity contribution >= 4 is 22.2 Å². The van der Waals surface area contributed by atoms with Crippen molar-refractivity contribution in [2.45, 2.75) is 25.4 Å². The fourth-order valence-corrected chi connectivity index (χ4v) is 2.80. The molecule has 0 saturated heterocycles. The Hall–Kier alpha value is -2.97. The average Bonchev–Trinajstić information content (AvgIpc) is 2.61. The molecule has 0 bridgehead atoms. The lowest BCUT2D eigenvalue weighted by atomic mass is 10.1. The van der Waals surface area contributed by atoms with Crippen molar-refractivity contribution in [2.24, 2.45) is 22.3 Å². The van der Waals surface area contributed by atoms with Crippen molar-refractivity contribution in [3.63, 3.8) is 0 Å². The molecule has 1 aromatic rings. The molecule has 1 aromatic carbocycles. The van der Waals surface area contributed by atoms with Crippen LogP contribution in [0.1, 0.15) is 18.4 Å². The zero-order chi connectivity index (χ0) is 22.2. The van der Waals surface area contributed by atoms with Crippen molar-refractivity contribution in [3.8, 4) is 5.75 Å². The number of carbonyl (C=O) groups excluding carboxylic acids is 1. The Morgan fingerprint density at radius 2 is 1.86 bits per heavy atom. The first-order valence-corrected chi connectivity index (χ1v) is 9.79. The molecule has 0 saturated carbocycles. The van der Waals surface area contributed by atoms with Gasteiger partial charge >= 0.3 is 10.3 Å². The summed E-state index contributed by atoms with van der Waals surface area (Å²) in [6.45, 7) is 0.248. The Kier molecular flexibility index (Phi) is 8.75. The van der Waals surface area contributed by atoms with Crippen LogP contribution in [0.3, 0.4) is 0 Å². The number of nitro groups is 1. The number of hydrogen-bond donors (Lipinski definition) is 3. The normalized spacial score (nSPS) is 13.2. The van der Waals surface area contributed by atoms with E-state index >= 15 is 0 Å². The molecule has 0 aliphatic rings. The maximum Gasteiger partial charge on any atom is 0.384 e. The molecule has 13 nitrogen and oxygen atoms in total. The molecule has 1 amide bonds. The third-order valence-corrected chi connectivity index (χ3v) is 5.09. The number of primary amides is 1. The molecule has 0 spiro atoms. The van der Waals surface area contributed by atoms with Gasteiger partial charge in [0.25, 0.3) is 5.96 Å². The van der Waals surface area contributed by atoms with E-state index in [1.165, 1.54) is 43.3 Å². The van der Waals surface area contributed by atoms with Gasteiger partial charge in [0, 0.05) is 20.6 Å². The van der Waals surface area contributed by atoms with E-state index in [9.17, 15) is 23.3 Å². The van der Waals surface area contributed by atoms with Crippen LogP contribution in [0.25, 0.3) is 0 Å². The van der Waals surface area contributed by atoms with Gasteiger partial charge in [-0.05, 0) is 37.1 Å². The summed E-state index contributed by atoms with van der Waals surface area (Å²) >= 11 is 0. The largest absolute Gasteiger partial charge is 0.384 e. The molecular formula is C15H25N7O6S. The fourth-order valence-electron chi connectivity index (χ4n) is 2.30. The summed E-state index contributed by atoms with van der Waals surface area (Å²) < 4.78 is 29.3. The summed E-state index contributed by atoms with van der Waals surface area (Å²) in [5.74, 6) is -1.17. The van der Waals surface area contributed by atoms with E-state index in [1.54, 1.807) is 0 Å². The molecule has 0 aliphatic carbocycles. The first kappa shape index (κ1) is 24.1. The summed E-state index contributed by atoms with van der Waals surface area (Å²) in [6.07, 6.45) is 0.660. The zero-order valence-electron chi connectivity index (χ0n) is 16.1. The van der Waals surface area contributed by atoms with E-state index in [1.807, 2.05) is 0 Å². The highest BCUT2D eigenvalue weighted by Crippen LogP contribution is 2.18. The first-order valence-electron chi connectivity index (χ1n) is 8.43. The molecule has 162 valence electrons. The maximum atomic E-state index is 11.9. The summed E-state index contributed by atoms with van der Waals surface area (Å²) in [4.78, 5) is 23.8. The highest BCUT2D eigenvalue weighted by atomic mass is 32.2. The van der Waals surface area contributed by atoms with Crippen LogP contribution in [0.2, 0.25) is 0 Å². The van der Waals surface area contributed by atoms with E-state index in [4.69, 9.17) is 21.4 Å². The van der Waals surface area contributed by atoms with Gasteiger partial charge < -0.3 is 26.3 Å². The highest BCUT2D eigenvalue weighted by molar-refractivity contribution is 7.84. The van der Waals surface area contributed by atoms with Crippen molar-refractivity contribution in [1.29, 1.82) is 0 Å². The third kappa shape index (κ3) is 7.52. The van der Waals surface area contributed by atoms with Crippen LogP contribution in [-0.2, 0) is 21.6 Å². The summed E-state index contributed by atoms with van der Waals surface area (Å²) in [5, 5.41) is 12.8. The minimum Gasteiger partial charge on any atom is -0.371 e. The number of benzene rings is 1. The van der Waals surface area contributed by atoms with Gasteiger partial charge in [0.2, 0.25) is 5.91 Å². The summed E-state index contributed by atoms with van der Waals surface area (Å²) in [5.41, 5.74) is 17.2. The second-order valence-corrected chi connectivity index (χ2v) is 7.89. The predicted molar refractivity (Wildman–Crippen MR) is 105 cm³/mol. The topological polar surface area (TPSA) is 200 Å². The van der Waals surface area contributed by atoms with Crippen LogP contribution in [0.5, 0.6) is 5.75 Å². The Labute approximate surface area is 168 Å². The molecule has 0 heterocycles. The number of nitrogens with zero attached hydrogens (tertiary/aromatic N) is 4. The number of hydrogen-bond acceptors (Lipinski definition) is 7. The standard InChI is InChI=1S/C15H25N7O6S/c1-20(2)29(26,27)28-12-7-5-11(6-8-12)10-21(15(18)19-22(24)25)13(14(17)23)4-3-9-16/h5-8,13H,3-4,9-10,16H2,1-2H3,(H2,17,23)(H2,18,19)/t13-/m1/s1. The number of rotatable bonds is 11. The van der Waals surface area contributed by atoms with Gasteiger partial charge in [-0.25, -0.2) is 10.1 Å². The Balaban J connectivity index is 3.12.